The molecule has 25 heavy (non-hydrogen) atoms. The molecule has 1 aromatic heterocycles. The van der Waals surface area contributed by atoms with Gasteiger partial charge < -0.3 is 5.32 Å². The molecule has 0 saturated carbocycles. The first-order chi connectivity index (χ1) is 12.0. The predicted molar refractivity (Wildman–Crippen MR) is 98.7 cm³/mol. The fourth-order valence-electron chi connectivity index (χ4n) is 3.33. The van der Waals surface area contributed by atoms with Crippen molar-refractivity contribution in [2.24, 2.45) is 7.05 Å². The van der Waals surface area contributed by atoms with Gasteiger partial charge in [0.1, 0.15) is 0 Å². The molecular formula is C19H27N5O. The van der Waals surface area contributed by atoms with Crippen LogP contribution in [0.3, 0.4) is 0 Å². The van der Waals surface area contributed by atoms with Crippen LogP contribution in [0.4, 0.5) is 5.95 Å². The van der Waals surface area contributed by atoms with E-state index in [1.807, 2.05) is 7.05 Å². The van der Waals surface area contributed by atoms with E-state index in [0.29, 0.717) is 18.3 Å². The molecule has 6 nitrogen and oxygen atoms in total. The zero-order chi connectivity index (χ0) is 17.8. The van der Waals surface area contributed by atoms with Gasteiger partial charge in [-0.2, -0.15) is 10.1 Å². The lowest BCUT2D eigenvalue weighted by atomic mass is 9.98. The van der Waals surface area contributed by atoms with Crippen molar-refractivity contribution in [3.63, 3.8) is 0 Å². The van der Waals surface area contributed by atoms with Gasteiger partial charge in [0.15, 0.2) is 5.82 Å². The lowest BCUT2D eigenvalue weighted by Crippen LogP contribution is -2.27. The molecule has 1 amide bonds. The summed E-state index contributed by atoms with van der Waals surface area (Å²) in [6.45, 7) is 6.17. The Morgan fingerprint density at radius 2 is 2.08 bits per heavy atom. The van der Waals surface area contributed by atoms with Gasteiger partial charge in [0.05, 0.1) is 0 Å². The summed E-state index contributed by atoms with van der Waals surface area (Å²) in [7, 11) is 1.83. The summed E-state index contributed by atoms with van der Waals surface area (Å²) in [5.41, 5.74) is 3.70. The summed E-state index contributed by atoms with van der Waals surface area (Å²) in [6, 6.07) is 6.35. The molecule has 0 unspecified atom stereocenters. The molecule has 1 aliphatic rings. The molecule has 3 rings (SSSR count). The van der Waals surface area contributed by atoms with Crippen molar-refractivity contribution in [2.45, 2.75) is 45.4 Å². The number of aromatic nitrogens is 3. The molecule has 1 fully saturated rings. The molecule has 1 aliphatic heterocycles. The maximum absolute atomic E-state index is 12.3. The molecule has 0 bridgehead atoms. The fraction of sp³-hybridized carbons (Fsp3) is 0.526. The lowest BCUT2D eigenvalue weighted by molar-refractivity contribution is -0.116. The smallest absolute Gasteiger partial charge is 0.227 e. The van der Waals surface area contributed by atoms with Crippen molar-refractivity contribution in [2.75, 3.05) is 18.4 Å². The van der Waals surface area contributed by atoms with E-state index in [1.54, 1.807) is 4.68 Å². The van der Waals surface area contributed by atoms with E-state index in [-0.39, 0.29) is 5.91 Å². The minimum absolute atomic E-state index is 0.0210. The van der Waals surface area contributed by atoms with Gasteiger partial charge in [-0.1, -0.05) is 23.8 Å². The zero-order valence-electron chi connectivity index (χ0n) is 15.3. The summed E-state index contributed by atoms with van der Waals surface area (Å²) >= 11 is 0. The van der Waals surface area contributed by atoms with Crippen LogP contribution in [0.1, 0.15) is 47.7 Å². The van der Waals surface area contributed by atoms with Gasteiger partial charge in [-0.3, -0.25) is 10.1 Å². The van der Waals surface area contributed by atoms with Crippen molar-refractivity contribution in [1.82, 2.24) is 20.1 Å². The van der Waals surface area contributed by atoms with E-state index in [2.05, 4.69) is 52.8 Å². The molecular weight excluding hydrogens is 314 g/mol. The number of hydrogen-bond acceptors (Lipinski definition) is 4. The van der Waals surface area contributed by atoms with E-state index < -0.39 is 0 Å². The van der Waals surface area contributed by atoms with Crippen LogP contribution in [0, 0.1) is 13.8 Å². The highest BCUT2D eigenvalue weighted by molar-refractivity contribution is 5.89. The van der Waals surface area contributed by atoms with Crippen molar-refractivity contribution < 1.29 is 4.79 Å². The van der Waals surface area contributed by atoms with Gasteiger partial charge in [0.25, 0.3) is 0 Å². The third kappa shape index (κ3) is 4.45. The van der Waals surface area contributed by atoms with Crippen molar-refractivity contribution in [1.29, 1.82) is 0 Å². The summed E-state index contributed by atoms with van der Waals surface area (Å²) < 4.78 is 1.67. The van der Waals surface area contributed by atoms with E-state index in [9.17, 15) is 4.79 Å². The molecule has 6 heteroatoms. The van der Waals surface area contributed by atoms with Crippen LogP contribution in [0.25, 0.3) is 0 Å². The van der Waals surface area contributed by atoms with Crippen LogP contribution in [-0.2, 0) is 18.3 Å². The molecule has 1 aromatic carbocycles. The number of piperidine rings is 1. The topological polar surface area (TPSA) is 71.8 Å². The average Bonchev–Trinajstić information content (AvgIpc) is 2.95. The van der Waals surface area contributed by atoms with Gasteiger partial charge in [-0.15, -0.1) is 0 Å². The Morgan fingerprint density at radius 3 is 2.80 bits per heavy atom. The Balaban J connectivity index is 1.58. The monoisotopic (exact) mass is 341 g/mol. The van der Waals surface area contributed by atoms with E-state index in [0.717, 1.165) is 38.2 Å². The van der Waals surface area contributed by atoms with Crippen LogP contribution in [-0.4, -0.2) is 33.8 Å². The number of anilines is 1. The molecule has 2 aromatic rings. The van der Waals surface area contributed by atoms with Crippen molar-refractivity contribution in [3.8, 4) is 0 Å². The molecule has 1 saturated heterocycles. The van der Waals surface area contributed by atoms with E-state index in [1.165, 1.54) is 16.7 Å². The van der Waals surface area contributed by atoms with Crippen LogP contribution >= 0.6 is 0 Å². The number of rotatable bonds is 5. The highest BCUT2D eigenvalue weighted by Gasteiger charge is 2.21. The molecule has 0 spiro atoms. The third-order valence-electron chi connectivity index (χ3n) is 4.85. The van der Waals surface area contributed by atoms with Crippen LogP contribution in [0.2, 0.25) is 0 Å². The van der Waals surface area contributed by atoms with Crippen LogP contribution < -0.4 is 10.6 Å². The normalized spacial score (nSPS) is 15.3. The second kappa shape index (κ2) is 7.78. The van der Waals surface area contributed by atoms with Gasteiger partial charge in [-0.05, 0) is 57.3 Å². The highest BCUT2D eigenvalue weighted by Crippen LogP contribution is 2.23. The molecule has 0 aliphatic carbocycles. The van der Waals surface area contributed by atoms with Crippen molar-refractivity contribution in [3.05, 3.63) is 40.7 Å². The second-order valence-corrected chi connectivity index (χ2v) is 6.92. The standard InChI is InChI=1S/C19H27N5O/c1-13-4-5-15(14(2)12-13)6-7-17(25)21-19-22-18(23-24(19)3)16-8-10-20-11-9-16/h4-5,12,16,20H,6-11H2,1-3H3,(H,21,22,23,25). The number of carbonyl (C=O) groups is 1. The number of nitrogens with zero attached hydrogens (tertiary/aromatic N) is 3. The van der Waals surface area contributed by atoms with E-state index >= 15 is 0 Å². The van der Waals surface area contributed by atoms with Gasteiger partial charge >= 0.3 is 0 Å². The number of amides is 1. The number of carbonyl (C=O) groups excluding carboxylic acids is 1. The minimum Gasteiger partial charge on any atom is -0.317 e. The molecule has 2 heterocycles. The number of aryl methyl sites for hydroxylation is 4. The Hall–Kier alpha value is -2.21. The largest absolute Gasteiger partial charge is 0.317 e. The number of hydrogen-bond donors (Lipinski definition) is 2. The Kier molecular flexibility index (Phi) is 5.48. The molecule has 0 radical (unpaired) electrons. The van der Waals surface area contributed by atoms with Gasteiger partial charge in [0.2, 0.25) is 11.9 Å². The summed E-state index contributed by atoms with van der Waals surface area (Å²) in [5.74, 6) is 1.74. The van der Waals surface area contributed by atoms with Crippen molar-refractivity contribution >= 4 is 11.9 Å². The number of benzene rings is 1. The first-order valence-electron chi connectivity index (χ1n) is 9.00. The van der Waals surface area contributed by atoms with Crippen LogP contribution in [0.5, 0.6) is 0 Å². The molecule has 2 N–H and O–H groups in total. The maximum atomic E-state index is 12.3. The molecule has 134 valence electrons. The van der Waals surface area contributed by atoms with Gasteiger partial charge in [0, 0.05) is 19.4 Å². The quantitative estimate of drug-likeness (QED) is 0.876. The third-order valence-corrected chi connectivity index (χ3v) is 4.85. The average molecular weight is 341 g/mol. The molecule has 0 atom stereocenters. The SMILES string of the molecule is Cc1ccc(CCC(=O)Nc2nc(C3CCNCC3)nn2C)c(C)c1. The summed E-state index contributed by atoms with van der Waals surface area (Å²) in [6.07, 6.45) is 3.27. The second-order valence-electron chi connectivity index (χ2n) is 6.92. The maximum Gasteiger partial charge on any atom is 0.227 e. The summed E-state index contributed by atoms with van der Waals surface area (Å²) in [4.78, 5) is 16.8. The number of nitrogens with one attached hydrogen (secondary N) is 2. The Bertz CT molecular complexity index is 746. The Labute approximate surface area is 149 Å². The minimum atomic E-state index is -0.0210. The van der Waals surface area contributed by atoms with E-state index in [4.69, 9.17) is 0 Å². The van der Waals surface area contributed by atoms with Crippen LogP contribution in [0.15, 0.2) is 18.2 Å². The lowest BCUT2D eigenvalue weighted by Gasteiger charge is -2.19. The first kappa shape index (κ1) is 17.6. The Morgan fingerprint density at radius 1 is 1.32 bits per heavy atom. The highest BCUT2D eigenvalue weighted by atomic mass is 16.1. The zero-order valence-corrected chi connectivity index (χ0v) is 15.3. The predicted octanol–water partition coefficient (Wildman–Crippen LogP) is 2.47. The first-order valence-corrected chi connectivity index (χ1v) is 9.00. The fourth-order valence-corrected chi connectivity index (χ4v) is 3.33. The summed E-state index contributed by atoms with van der Waals surface area (Å²) in [5, 5.41) is 10.7. The van der Waals surface area contributed by atoms with Gasteiger partial charge in [-0.25, -0.2) is 4.68 Å².